The van der Waals surface area contributed by atoms with E-state index in [1.807, 2.05) is 30.3 Å². The van der Waals surface area contributed by atoms with Gasteiger partial charge in [-0.25, -0.2) is 9.59 Å². The van der Waals surface area contributed by atoms with Gasteiger partial charge in [0.2, 0.25) is 0 Å². The lowest BCUT2D eigenvalue weighted by molar-refractivity contribution is -0.150. The van der Waals surface area contributed by atoms with E-state index in [1.165, 1.54) is 0 Å². The Kier molecular flexibility index (Phi) is 3.43. The van der Waals surface area contributed by atoms with Gasteiger partial charge in [-0.3, -0.25) is 0 Å². The molecule has 0 saturated carbocycles. The minimum atomic E-state index is -0.579. The summed E-state index contributed by atoms with van der Waals surface area (Å²) < 4.78 is 3.97. The van der Waals surface area contributed by atoms with Crippen molar-refractivity contribution in [2.45, 2.75) is 0 Å². The van der Waals surface area contributed by atoms with Crippen molar-refractivity contribution in [1.29, 1.82) is 0 Å². The van der Waals surface area contributed by atoms with Crippen LogP contribution in [0.15, 0.2) is 42.5 Å². The molecule has 72 valence electrons. The monoisotopic (exact) mass is 191 g/mol. The highest BCUT2D eigenvalue weighted by Gasteiger charge is 2.10. The fourth-order valence-electron chi connectivity index (χ4n) is 0.756. The molecule has 0 aliphatic carbocycles. The van der Waals surface area contributed by atoms with E-state index in [4.69, 9.17) is 5.73 Å². The molecule has 0 saturated heterocycles. The van der Waals surface area contributed by atoms with Gasteiger partial charge in [0.25, 0.3) is 0 Å². The van der Waals surface area contributed by atoms with Crippen molar-refractivity contribution in [1.82, 2.24) is 0 Å². The fourth-order valence-corrected chi connectivity index (χ4v) is 0.756. The number of carbonyl (C=O) groups excluding carboxylic acids is 2. The molecule has 4 nitrogen and oxygen atoms in total. The molecular formula is C10H9NO3. The van der Waals surface area contributed by atoms with E-state index in [0.717, 1.165) is 17.8 Å². The number of rotatable bonds is 0. The van der Waals surface area contributed by atoms with Gasteiger partial charge in [-0.15, -0.1) is 0 Å². The summed E-state index contributed by atoms with van der Waals surface area (Å²) in [5, 5.41) is 0. The second-order valence-electron chi connectivity index (χ2n) is 2.48. The molecule has 1 aromatic carbocycles. The Labute approximate surface area is 81.0 Å². The second-order valence-corrected chi connectivity index (χ2v) is 2.48. The number of carbonyl (C=O) groups is 2. The normalized spacial score (nSPS) is 13.1. The van der Waals surface area contributed by atoms with Crippen LogP contribution in [0, 0.1) is 0 Å². The van der Waals surface area contributed by atoms with Gasteiger partial charge in [-0.05, 0) is 12.1 Å². The molecule has 14 heavy (non-hydrogen) atoms. The van der Waals surface area contributed by atoms with E-state index in [2.05, 4.69) is 4.74 Å². The Balaban J connectivity index is 0.000000140. The van der Waals surface area contributed by atoms with Crippen LogP contribution in [0.1, 0.15) is 0 Å². The predicted octanol–water partition coefficient (Wildman–Crippen LogP) is 0.895. The third-order valence-corrected chi connectivity index (χ3v) is 1.36. The number of nitrogens with two attached hydrogens (primary N) is 1. The first-order chi connectivity index (χ1) is 6.68. The fraction of sp³-hybridized carbons (Fsp3) is 0. The van der Waals surface area contributed by atoms with Crippen molar-refractivity contribution in [3.63, 3.8) is 0 Å². The maximum absolute atomic E-state index is 9.92. The number of esters is 2. The molecule has 0 unspecified atom stereocenters. The summed E-state index contributed by atoms with van der Waals surface area (Å²) in [6.07, 6.45) is 2.17. The summed E-state index contributed by atoms with van der Waals surface area (Å²) in [5.74, 6) is -1.16. The highest BCUT2D eigenvalue weighted by atomic mass is 16.6. The zero-order valence-electron chi connectivity index (χ0n) is 7.34. The van der Waals surface area contributed by atoms with Crippen LogP contribution in [0.4, 0.5) is 5.69 Å². The summed E-state index contributed by atoms with van der Waals surface area (Å²) in [7, 11) is 0. The number of anilines is 1. The van der Waals surface area contributed by atoms with Crippen LogP contribution in [0.5, 0.6) is 0 Å². The molecule has 1 aliphatic rings. The number of hydrogen-bond acceptors (Lipinski definition) is 4. The zero-order chi connectivity index (χ0) is 10.4. The van der Waals surface area contributed by atoms with Crippen LogP contribution in [0.2, 0.25) is 0 Å². The lowest BCUT2D eigenvalue weighted by Gasteiger charge is -1.83. The number of para-hydroxylation sites is 1. The molecule has 1 aromatic rings. The topological polar surface area (TPSA) is 69.4 Å². The van der Waals surface area contributed by atoms with Gasteiger partial charge in [0.15, 0.2) is 0 Å². The summed E-state index contributed by atoms with van der Waals surface area (Å²) in [6, 6.07) is 9.49. The first-order valence-corrected chi connectivity index (χ1v) is 3.93. The van der Waals surface area contributed by atoms with Gasteiger partial charge in [-0.1, -0.05) is 18.2 Å². The molecule has 1 aliphatic heterocycles. The highest BCUT2D eigenvalue weighted by Crippen LogP contribution is 1.95. The third-order valence-electron chi connectivity index (χ3n) is 1.36. The SMILES string of the molecule is Nc1ccccc1.O=C1C=CC(=O)O1. The van der Waals surface area contributed by atoms with Crippen molar-refractivity contribution >= 4 is 17.6 Å². The van der Waals surface area contributed by atoms with E-state index in [0.29, 0.717) is 0 Å². The zero-order valence-corrected chi connectivity index (χ0v) is 7.34. The molecule has 4 heteroatoms. The lowest BCUT2D eigenvalue weighted by Crippen LogP contribution is -1.96. The van der Waals surface area contributed by atoms with Gasteiger partial charge >= 0.3 is 11.9 Å². The Hall–Kier alpha value is -2.10. The Morgan fingerprint density at radius 3 is 1.64 bits per heavy atom. The molecular weight excluding hydrogens is 182 g/mol. The minimum Gasteiger partial charge on any atom is -0.399 e. The maximum Gasteiger partial charge on any atom is 0.338 e. The largest absolute Gasteiger partial charge is 0.399 e. The predicted molar refractivity (Wildman–Crippen MR) is 51.1 cm³/mol. The molecule has 0 spiro atoms. The van der Waals surface area contributed by atoms with Crippen LogP contribution < -0.4 is 5.73 Å². The maximum atomic E-state index is 9.92. The van der Waals surface area contributed by atoms with Crippen molar-refractivity contribution in [2.24, 2.45) is 0 Å². The van der Waals surface area contributed by atoms with E-state index in [9.17, 15) is 9.59 Å². The van der Waals surface area contributed by atoms with Gasteiger partial charge in [0.1, 0.15) is 0 Å². The number of nitrogen functional groups attached to an aromatic ring is 1. The molecule has 0 amide bonds. The number of benzene rings is 1. The van der Waals surface area contributed by atoms with E-state index in [-0.39, 0.29) is 0 Å². The number of hydrogen-bond donors (Lipinski definition) is 1. The Morgan fingerprint density at radius 2 is 1.43 bits per heavy atom. The van der Waals surface area contributed by atoms with Gasteiger partial charge in [0, 0.05) is 17.8 Å². The first kappa shape index (κ1) is 9.98. The van der Waals surface area contributed by atoms with Crippen LogP contribution in [-0.2, 0) is 14.3 Å². The van der Waals surface area contributed by atoms with Crippen molar-refractivity contribution in [3.05, 3.63) is 42.5 Å². The van der Waals surface area contributed by atoms with E-state index < -0.39 is 11.9 Å². The highest BCUT2D eigenvalue weighted by molar-refractivity contribution is 6.04. The standard InChI is InChI=1S/C6H7N.C4H2O3/c7-6-4-2-1-3-5-6;5-3-1-2-4(6)7-3/h1-5H,7H2;1-2H. The molecule has 2 N–H and O–H groups in total. The van der Waals surface area contributed by atoms with Crippen LogP contribution >= 0.6 is 0 Å². The molecule has 0 fully saturated rings. The van der Waals surface area contributed by atoms with Gasteiger partial charge in [-0.2, -0.15) is 0 Å². The summed E-state index contributed by atoms with van der Waals surface area (Å²) in [6.45, 7) is 0. The summed E-state index contributed by atoms with van der Waals surface area (Å²) >= 11 is 0. The summed E-state index contributed by atoms with van der Waals surface area (Å²) in [4.78, 5) is 19.8. The Bertz CT molecular complexity index is 341. The van der Waals surface area contributed by atoms with Gasteiger partial charge < -0.3 is 10.5 Å². The summed E-state index contributed by atoms with van der Waals surface area (Å²) in [5.41, 5.74) is 6.18. The Morgan fingerprint density at radius 1 is 0.929 bits per heavy atom. The molecule has 0 aromatic heterocycles. The molecule has 2 rings (SSSR count). The number of cyclic esters (lactones) is 2. The lowest BCUT2D eigenvalue weighted by atomic mass is 10.3. The van der Waals surface area contributed by atoms with Crippen LogP contribution in [0.25, 0.3) is 0 Å². The first-order valence-electron chi connectivity index (χ1n) is 3.93. The number of ether oxygens (including phenoxy) is 1. The average molecular weight is 191 g/mol. The van der Waals surface area contributed by atoms with Crippen molar-refractivity contribution < 1.29 is 14.3 Å². The molecule has 0 atom stereocenters. The molecule has 1 heterocycles. The quantitative estimate of drug-likeness (QED) is 0.375. The van der Waals surface area contributed by atoms with Crippen LogP contribution in [-0.4, -0.2) is 11.9 Å². The van der Waals surface area contributed by atoms with Gasteiger partial charge in [0.05, 0.1) is 0 Å². The third kappa shape index (κ3) is 3.53. The molecule has 0 bridgehead atoms. The molecule has 0 radical (unpaired) electrons. The minimum absolute atomic E-state index is 0.579. The van der Waals surface area contributed by atoms with Crippen LogP contribution in [0.3, 0.4) is 0 Å². The smallest absolute Gasteiger partial charge is 0.338 e. The van der Waals surface area contributed by atoms with E-state index in [1.54, 1.807) is 0 Å². The van der Waals surface area contributed by atoms with Crippen molar-refractivity contribution in [3.8, 4) is 0 Å². The van der Waals surface area contributed by atoms with E-state index >= 15 is 0 Å². The average Bonchev–Trinajstić information content (AvgIpc) is 2.52. The van der Waals surface area contributed by atoms with Crippen molar-refractivity contribution in [2.75, 3.05) is 5.73 Å². The second kappa shape index (κ2) is 4.81.